The summed E-state index contributed by atoms with van der Waals surface area (Å²) in [4.78, 5) is 8.78. The lowest BCUT2D eigenvalue weighted by atomic mass is 9.98. The lowest BCUT2D eigenvalue weighted by molar-refractivity contribution is 0.454. The molecule has 1 aromatic carbocycles. The maximum Gasteiger partial charge on any atom is 0.0889 e. The number of fused-ring (bicyclic) bond motifs is 6. The average molecular weight is 292 g/mol. The van der Waals surface area contributed by atoms with E-state index < -0.39 is 0 Å². The Morgan fingerprint density at radius 2 is 1.47 bits per heavy atom. The van der Waals surface area contributed by atoms with Gasteiger partial charge in [-0.3, -0.25) is 9.97 Å². The number of hydrogen-bond acceptors (Lipinski definition) is 3. The van der Waals surface area contributed by atoms with Gasteiger partial charge < -0.3 is 5.32 Å². The summed E-state index contributed by atoms with van der Waals surface area (Å²) < 4.78 is 0. The van der Waals surface area contributed by atoms with Gasteiger partial charge in [-0.1, -0.05) is 0 Å². The van der Waals surface area contributed by atoms with E-state index in [2.05, 4.69) is 27.4 Å². The molecule has 1 aromatic heterocycles. The Morgan fingerprint density at radius 3 is 2.00 bits per heavy atom. The van der Waals surface area contributed by atoms with Crippen molar-refractivity contribution in [2.75, 3.05) is 13.1 Å². The highest BCUT2D eigenvalue weighted by atomic mass is 79.9. The average Bonchev–Trinajstić information content (AvgIpc) is 2.59. The monoisotopic (exact) mass is 291 g/mol. The predicted octanol–water partition coefficient (Wildman–Crippen LogP) is 2.38. The van der Waals surface area contributed by atoms with Crippen LogP contribution in [0.2, 0.25) is 0 Å². The molecule has 4 rings (SSSR count). The normalized spacial score (nSPS) is 25.4. The molecule has 2 aliphatic rings. The third-order valence-electron chi connectivity index (χ3n) is 3.90. The Labute approximate surface area is 110 Å². The third kappa shape index (κ3) is 1.58. The maximum atomic E-state index is 4.39. The van der Waals surface area contributed by atoms with Crippen LogP contribution in [0.3, 0.4) is 0 Å². The van der Waals surface area contributed by atoms with Crippen LogP contribution in [-0.4, -0.2) is 23.1 Å². The fraction of sp³-hybridized carbons (Fsp3) is 0.385. The van der Waals surface area contributed by atoms with Crippen molar-refractivity contribution < 1.29 is 0 Å². The molecule has 2 heterocycles. The maximum absolute atomic E-state index is 4.39. The number of hydrogen-bond donors (Lipinski definition) is 1. The Balaban J connectivity index is 0.000000902. The molecule has 0 unspecified atom stereocenters. The summed E-state index contributed by atoms with van der Waals surface area (Å²) in [6.07, 6.45) is 4.85. The van der Waals surface area contributed by atoms with Crippen LogP contribution < -0.4 is 5.32 Å². The fourth-order valence-electron chi connectivity index (χ4n) is 3.17. The van der Waals surface area contributed by atoms with Crippen LogP contribution in [-0.2, 0) is 0 Å². The molecule has 17 heavy (non-hydrogen) atoms. The fourth-order valence-corrected chi connectivity index (χ4v) is 3.17. The van der Waals surface area contributed by atoms with Crippen LogP contribution in [0.4, 0.5) is 0 Å². The first-order valence-corrected chi connectivity index (χ1v) is 5.87. The second-order valence-electron chi connectivity index (χ2n) is 4.81. The summed E-state index contributed by atoms with van der Waals surface area (Å²) in [6.45, 7) is 2.24. The van der Waals surface area contributed by atoms with E-state index in [0.29, 0.717) is 11.8 Å². The van der Waals surface area contributed by atoms with Gasteiger partial charge in [0.05, 0.1) is 11.0 Å². The zero-order chi connectivity index (χ0) is 10.5. The molecule has 0 amide bonds. The third-order valence-corrected chi connectivity index (χ3v) is 3.90. The van der Waals surface area contributed by atoms with Crippen molar-refractivity contribution in [2.45, 2.75) is 18.3 Å². The van der Waals surface area contributed by atoms with Crippen LogP contribution in [0.5, 0.6) is 0 Å². The molecule has 0 radical (unpaired) electrons. The lowest BCUT2D eigenvalue weighted by Gasteiger charge is -2.19. The van der Waals surface area contributed by atoms with Gasteiger partial charge in [0.25, 0.3) is 0 Å². The molecular weight excluding hydrogens is 278 g/mol. The van der Waals surface area contributed by atoms with Crippen molar-refractivity contribution in [3.63, 3.8) is 0 Å². The van der Waals surface area contributed by atoms with E-state index in [0.717, 1.165) is 24.1 Å². The van der Waals surface area contributed by atoms with Gasteiger partial charge in [0.1, 0.15) is 0 Å². The molecule has 1 aliphatic heterocycles. The first-order chi connectivity index (χ1) is 7.92. The van der Waals surface area contributed by atoms with Crippen molar-refractivity contribution in [3.8, 4) is 0 Å². The first kappa shape index (κ1) is 11.1. The van der Waals surface area contributed by atoms with Crippen LogP contribution >= 0.6 is 17.0 Å². The summed E-state index contributed by atoms with van der Waals surface area (Å²) in [7, 11) is 0. The molecule has 2 bridgehead atoms. The van der Waals surface area contributed by atoms with Crippen molar-refractivity contribution >= 4 is 28.0 Å². The summed E-state index contributed by atoms with van der Waals surface area (Å²) in [5.41, 5.74) is 5.08. The van der Waals surface area contributed by atoms with Crippen molar-refractivity contribution in [1.82, 2.24) is 15.3 Å². The van der Waals surface area contributed by atoms with Crippen molar-refractivity contribution in [3.05, 3.63) is 35.7 Å². The van der Waals surface area contributed by atoms with E-state index in [1.54, 1.807) is 12.4 Å². The second-order valence-corrected chi connectivity index (χ2v) is 4.81. The van der Waals surface area contributed by atoms with E-state index in [9.17, 15) is 0 Å². The molecular formula is C13H14BrN3. The Morgan fingerprint density at radius 1 is 0.941 bits per heavy atom. The molecule has 0 saturated carbocycles. The van der Waals surface area contributed by atoms with Gasteiger partial charge in [0.15, 0.2) is 0 Å². The Kier molecular flexibility index (Phi) is 2.64. The second kappa shape index (κ2) is 4.03. The van der Waals surface area contributed by atoms with E-state index in [1.807, 2.05) is 0 Å². The highest BCUT2D eigenvalue weighted by Gasteiger charge is 2.34. The first-order valence-electron chi connectivity index (χ1n) is 5.87. The minimum Gasteiger partial charge on any atom is -0.316 e. The van der Waals surface area contributed by atoms with Crippen LogP contribution in [0.1, 0.15) is 29.4 Å². The lowest BCUT2D eigenvalue weighted by Crippen LogP contribution is -2.28. The van der Waals surface area contributed by atoms with Gasteiger partial charge in [0, 0.05) is 25.5 Å². The molecule has 2 aromatic rings. The number of nitrogens with one attached hydrogen (secondary N) is 1. The van der Waals surface area contributed by atoms with Crippen LogP contribution in [0, 0.1) is 0 Å². The smallest absolute Gasteiger partial charge is 0.0889 e. The Bertz CT molecular complexity index is 521. The number of halogens is 1. The highest BCUT2D eigenvalue weighted by Crippen LogP contribution is 2.44. The van der Waals surface area contributed by atoms with Gasteiger partial charge in [-0.15, -0.1) is 17.0 Å². The zero-order valence-corrected chi connectivity index (χ0v) is 11.1. The summed E-state index contributed by atoms with van der Waals surface area (Å²) >= 11 is 0. The predicted molar refractivity (Wildman–Crippen MR) is 72.8 cm³/mol. The minimum atomic E-state index is 0. The largest absolute Gasteiger partial charge is 0.316 e. The summed E-state index contributed by atoms with van der Waals surface area (Å²) in [6, 6.07) is 4.49. The van der Waals surface area contributed by atoms with Crippen molar-refractivity contribution in [2.24, 2.45) is 0 Å². The van der Waals surface area contributed by atoms with E-state index in [1.165, 1.54) is 17.5 Å². The van der Waals surface area contributed by atoms with Crippen LogP contribution in [0.15, 0.2) is 24.5 Å². The molecule has 1 N–H and O–H groups in total. The van der Waals surface area contributed by atoms with Gasteiger partial charge in [-0.25, -0.2) is 0 Å². The molecule has 1 saturated heterocycles. The van der Waals surface area contributed by atoms with Gasteiger partial charge >= 0.3 is 0 Å². The quantitative estimate of drug-likeness (QED) is 0.810. The van der Waals surface area contributed by atoms with E-state index >= 15 is 0 Å². The van der Waals surface area contributed by atoms with Crippen LogP contribution in [0.25, 0.3) is 11.0 Å². The number of benzene rings is 1. The van der Waals surface area contributed by atoms with E-state index in [4.69, 9.17) is 0 Å². The summed E-state index contributed by atoms with van der Waals surface area (Å²) in [5, 5.41) is 3.51. The minimum absolute atomic E-state index is 0. The molecule has 3 nitrogen and oxygen atoms in total. The number of aromatic nitrogens is 2. The van der Waals surface area contributed by atoms with Gasteiger partial charge in [-0.2, -0.15) is 0 Å². The van der Waals surface area contributed by atoms with Gasteiger partial charge in [-0.05, 0) is 41.5 Å². The molecule has 1 aliphatic carbocycles. The van der Waals surface area contributed by atoms with Crippen molar-refractivity contribution in [1.29, 1.82) is 0 Å². The summed E-state index contributed by atoms with van der Waals surface area (Å²) in [5.74, 6) is 1.39. The molecule has 1 fully saturated rings. The molecule has 0 spiro atoms. The van der Waals surface area contributed by atoms with E-state index in [-0.39, 0.29) is 17.0 Å². The topological polar surface area (TPSA) is 37.8 Å². The molecule has 2 atom stereocenters. The van der Waals surface area contributed by atoms with Gasteiger partial charge in [0.2, 0.25) is 0 Å². The number of rotatable bonds is 0. The highest BCUT2D eigenvalue weighted by molar-refractivity contribution is 8.93. The standard InChI is InChI=1S/C13H13N3.BrH/c1-2-16-13-5-11-9-3-8(6-14-7-9)10(11)4-12(13)15-1;/h1-2,4-5,8-9,14H,3,6-7H2;1H/t8-,9-;/m1./s1. The SMILES string of the molecule is Br.c1cnc2cc3c(cc2n1)[C@H]1CNC[C@H]3C1. The molecule has 4 heteroatoms. The number of piperidine rings is 1. The number of nitrogens with zero attached hydrogens (tertiary/aromatic N) is 2. The Hall–Kier alpha value is -1.00. The zero-order valence-electron chi connectivity index (χ0n) is 9.39. The molecule has 88 valence electrons.